The first-order chi connectivity index (χ1) is 10.1. The molecule has 0 fully saturated rings. The van der Waals surface area contributed by atoms with E-state index in [-0.39, 0.29) is 11.6 Å². The Morgan fingerprint density at radius 1 is 1.00 bits per heavy atom. The van der Waals surface area contributed by atoms with Crippen molar-refractivity contribution in [2.45, 2.75) is 0 Å². The molecule has 0 aliphatic heterocycles. The predicted molar refractivity (Wildman–Crippen MR) is 83.3 cm³/mol. The Balaban J connectivity index is 1.99. The van der Waals surface area contributed by atoms with Crippen LogP contribution >= 0.6 is 11.6 Å². The standard InChI is InChI=1S/C17H11ClFNO/c18-12-8-9-15(19)16(10-12)20-17(21)14-7-3-5-11-4-1-2-6-13(11)14/h1-10H,(H,20,21). The molecule has 0 saturated carbocycles. The number of halogens is 2. The van der Waals surface area contributed by atoms with E-state index in [4.69, 9.17) is 11.6 Å². The van der Waals surface area contributed by atoms with Crippen LogP contribution < -0.4 is 5.32 Å². The van der Waals surface area contributed by atoms with Crippen LogP contribution in [-0.4, -0.2) is 5.91 Å². The third-order valence-electron chi connectivity index (χ3n) is 3.21. The number of carbonyl (C=O) groups excluding carboxylic acids is 1. The van der Waals surface area contributed by atoms with Crippen LogP contribution in [0.1, 0.15) is 10.4 Å². The quantitative estimate of drug-likeness (QED) is 0.717. The summed E-state index contributed by atoms with van der Waals surface area (Å²) in [6.45, 7) is 0. The molecule has 0 spiro atoms. The summed E-state index contributed by atoms with van der Waals surface area (Å²) < 4.78 is 13.7. The SMILES string of the molecule is O=C(Nc1cc(Cl)ccc1F)c1cccc2ccccc12. The van der Waals surface area contributed by atoms with Crippen molar-refractivity contribution < 1.29 is 9.18 Å². The predicted octanol–water partition coefficient (Wildman–Crippen LogP) is 4.88. The minimum atomic E-state index is -0.520. The lowest BCUT2D eigenvalue weighted by Crippen LogP contribution is -2.13. The zero-order valence-electron chi connectivity index (χ0n) is 10.9. The van der Waals surface area contributed by atoms with Crippen molar-refractivity contribution in [3.05, 3.63) is 77.1 Å². The number of nitrogens with one attached hydrogen (secondary N) is 1. The monoisotopic (exact) mass is 299 g/mol. The molecule has 104 valence electrons. The number of anilines is 1. The second-order valence-electron chi connectivity index (χ2n) is 4.61. The van der Waals surface area contributed by atoms with Crippen LogP contribution in [0.15, 0.2) is 60.7 Å². The van der Waals surface area contributed by atoms with Crippen molar-refractivity contribution in [3.63, 3.8) is 0 Å². The lowest BCUT2D eigenvalue weighted by atomic mass is 10.0. The summed E-state index contributed by atoms with van der Waals surface area (Å²) in [6.07, 6.45) is 0. The van der Waals surface area contributed by atoms with Gasteiger partial charge in [0.1, 0.15) is 5.82 Å². The molecule has 1 amide bonds. The second-order valence-corrected chi connectivity index (χ2v) is 5.04. The Labute approximate surface area is 126 Å². The molecule has 0 unspecified atom stereocenters. The summed E-state index contributed by atoms with van der Waals surface area (Å²) in [5.74, 6) is -0.888. The molecule has 0 atom stereocenters. The lowest BCUT2D eigenvalue weighted by Gasteiger charge is -2.09. The molecule has 0 heterocycles. The largest absolute Gasteiger partial charge is 0.319 e. The Kier molecular flexibility index (Phi) is 3.59. The lowest BCUT2D eigenvalue weighted by molar-refractivity contribution is 0.102. The van der Waals surface area contributed by atoms with Gasteiger partial charge in [-0.3, -0.25) is 4.79 Å². The molecule has 1 N–H and O–H groups in total. The summed E-state index contributed by atoms with van der Waals surface area (Å²) in [4.78, 5) is 12.4. The van der Waals surface area contributed by atoms with Gasteiger partial charge in [-0.25, -0.2) is 4.39 Å². The van der Waals surface area contributed by atoms with Gasteiger partial charge in [0.25, 0.3) is 5.91 Å². The van der Waals surface area contributed by atoms with Crippen molar-refractivity contribution in [2.75, 3.05) is 5.32 Å². The molecular formula is C17H11ClFNO. The first kappa shape index (κ1) is 13.6. The molecule has 3 aromatic rings. The molecule has 21 heavy (non-hydrogen) atoms. The third-order valence-corrected chi connectivity index (χ3v) is 3.45. The van der Waals surface area contributed by atoms with E-state index in [9.17, 15) is 9.18 Å². The average Bonchev–Trinajstić information content (AvgIpc) is 2.50. The maximum absolute atomic E-state index is 13.7. The van der Waals surface area contributed by atoms with Crippen LogP contribution in [0.4, 0.5) is 10.1 Å². The second kappa shape index (κ2) is 5.54. The Morgan fingerprint density at radius 2 is 1.76 bits per heavy atom. The van der Waals surface area contributed by atoms with Gasteiger partial charge in [-0.1, -0.05) is 48.0 Å². The van der Waals surface area contributed by atoms with Gasteiger partial charge >= 0.3 is 0 Å². The molecule has 0 bridgehead atoms. The van der Waals surface area contributed by atoms with E-state index in [1.165, 1.54) is 18.2 Å². The number of benzene rings is 3. The van der Waals surface area contributed by atoms with Crippen LogP contribution in [0.3, 0.4) is 0 Å². The summed E-state index contributed by atoms with van der Waals surface area (Å²) >= 11 is 5.82. The summed E-state index contributed by atoms with van der Waals surface area (Å²) in [5, 5.41) is 4.70. The van der Waals surface area contributed by atoms with Gasteiger partial charge in [0.15, 0.2) is 0 Å². The number of amides is 1. The van der Waals surface area contributed by atoms with Gasteiger partial charge in [0.2, 0.25) is 0 Å². The van der Waals surface area contributed by atoms with Gasteiger partial charge in [-0.05, 0) is 35.0 Å². The van der Waals surface area contributed by atoms with Gasteiger partial charge in [-0.15, -0.1) is 0 Å². The average molecular weight is 300 g/mol. The van der Waals surface area contributed by atoms with Gasteiger partial charge in [-0.2, -0.15) is 0 Å². The molecule has 4 heteroatoms. The molecule has 0 saturated heterocycles. The van der Waals surface area contributed by atoms with Crippen molar-refractivity contribution in [3.8, 4) is 0 Å². The highest BCUT2D eigenvalue weighted by atomic mass is 35.5. The van der Waals surface area contributed by atoms with Crippen LogP contribution in [0, 0.1) is 5.82 Å². The van der Waals surface area contributed by atoms with Crippen LogP contribution in [0.2, 0.25) is 5.02 Å². The first-order valence-corrected chi connectivity index (χ1v) is 6.77. The molecule has 3 rings (SSSR count). The molecule has 0 aliphatic rings. The minimum absolute atomic E-state index is 0.0698. The Morgan fingerprint density at radius 3 is 2.62 bits per heavy atom. The van der Waals surface area contributed by atoms with Crippen LogP contribution in [-0.2, 0) is 0 Å². The van der Waals surface area contributed by atoms with Crippen molar-refractivity contribution in [1.82, 2.24) is 0 Å². The van der Waals surface area contributed by atoms with Gasteiger partial charge < -0.3 is 5.32 Å². The van der Waals surface area contributed by atoms with Crippen LogP contribution in [0.25, 0.3) is 10.8 Å². The highest BCUT2D eigenvalue weighted by molar-refractivity contribution is 6.31. The fraction of sp³-hybridized carbons (Fsp3) is 0. The zero-order valence-corrected chi connectivity index (χ0v) is 11.7. The number of carbonyl (C=O) groups is 1. The third kappa shape index (κ3) is 2.73. The van der Waals surface area contributed by atoms with Gasteiger partial charge in [0.05, 0.1) is 5.69 Å². The fourth-order valence-corrected chi connectivity index (χ4v) is 2.38. The maximum Gasteiger partial charge on any atom is 0.256 e. The summed E-state index contributed by atoms with van der Waals surface area (Å²) in [5.41, 5.74) is 0.563. The van der Waals surface area contributed by atoms with E-state index in [0.29, 0.717) is 10.6 Å². The molecule has 0 aliphatic carbocycles. The van der Waals surface area contributed by atoms with E-state index in [1.807, 2.05) is 30.3 Å². The van der Waals surface area contributed by atoms with Crippen molar-refractivity contribution >= 4 is 34.0 Å². The minimum Gasteiger partial charge on any atom is -0.319 e. The molecule has 0 radical (unpaired) electrons. The van der Waals surface area contributed by atoms with Gasteiger partial charge in [0, 0.05) is 10.6 Å². The molecular weight excluding hydrogens is 289 g/mol. The van der Waals surface area contributed by atoms with Crippen molar-refractivity contribution in [1.29, 1.82) is 0 Å². The van der Waals surface area contributed by atoms with E-state index in [1.54, 1.807) is 12.1 Å². The van der Waals surface area contributed by atoms with Crippen LogP contribution in [0.5, 0.6) is 0 Å². The smallest absolute Gasteiger partial charge is 0.256 e. The molecule has 2 nitrogen and oxygen atoms in total. The molecule has 0 aromatic heterocycles. The highest BCUT2D eigenvalue weighted by Crippen LogP contribution is 2.23. The van der Waals surface area contributed by atoms with E-state index < -0.39 is 5.82 Å². The summed E-state index contributed by atoms with van der Waals surface area (Å²) in [6, 6.07) is 17.0. The Bertz CT molecular complexity index is 827. The molecule has 3 aromatic carbocycles. The first-order valence-electron chi connectivity index (χ1n) is 6.39. The van der Waals surface area contributed by atoms with E-state index in [2.05, 4.69) is 5.32 Å². The topological polar surface area (TPSA) is 29.1 Å². The fourth-order valence-electron chi connectivity index (χ4n) is 2.21. The van der Waals surface area contributed by atoms with Crippen molar-refractivity contribution in [2.24, 2.45) is 0 Å². The van der Waals surface area contributed by atoms with E-state index >= 15 is 0 Å². The Hall–Kier alpha value is -2.39. The summed E-state index contributed by atoms with van der Waals surface area (Å²) in [7, 11) is 0. The number of fused-ring (bicyclic) bond motifs is 1. The maximum atomic E-state index is 13.7. The number of rotatable bonds is 2. The zero-order chi connectivity index (χ0) is 14.8. The highest BCUT2D eigenvalue weighted by Gasteiger charge is 2.12. The number of hydrogen-bond acceptors (Lipinski definition) is 1. The van der Waals surface area contributed by atoms with E-state index in [0.717, 1.165) is 10.8 Å². The normalized spacial score (nSPS) is 10.6. The number of hydrogen-bond donors (Lipinski definition) is 1.